The van der Waals surface area contributed by atoms with Gasteiger partial charge in [-0.15, -0.1) is 0 Å². The van der Waals surface area contributed by atoms with Crippen LogP contribution in [0.3, 0.4) is 0 Å². The number of carbonyl (C=O) groups is 3. The van der Waals surface area contributed by atoms with Gasteiger partial charge < -0.3 is 10.0 Å². The lowest BCUT2D eigenvalue weighted by atomic mass is 10.0. The normalized spacial score (nSPS) is 17.3. The number of ketones is 1. The molecule has 0 bridgehead atoms. The Labute approximate surface area is 144 Å². The smallest absolute Gasteiger partial charge is 0.338 e. The summed E-state index contributed by atoms with van der Waals surface area (Å²) in [5, 5.41) is 13.1. The van der Waals surface area contributed by atoms with Crippen molar-refractivity contribution in [3.05, 3.63) is 53.3 Å². The molecule has 1 fully saturated rings. The molecule has 1 amide bonds. The first-order valence-electron chi connectivity index (χ1n) is 8.13. The predicted molar refractivity (Wildman–Crippen MR) is 89.8 cm³/mol. The number of amides is 1. The maximum atomic E-state index is 12.8. The van der Waals surface area contributed by atoms with Crippen molar-refractivity contribution < 1.29 is 19.5 Å². The van der Waals surface area contributed by atoms with Gasteiger partial charge in [0.05, 0.1) is 17.8 Å². The molecule has 1 N–H and O–H groups in total. The molecular weight excluding hydrogens is 322 g/mol. The van der Waals surface area contributed by atoms with E-state index in [0.717, 1.165) is 12.8 Å². The number of aromatic carboxylic acids is 1. The summed E-state index contributed by atoms with van der Waals surface area (Å²) in [5.41, 5.74) is 1.13. The molecule has 25 heavy (non-hydrogen) atoms. The van der Waals surface area contributed by atoms with Crippen LogP contribution in [0, 0.1) is 0 Å². The first-order valence-corrected chi connectivity index (χ1v) is 8.13. The predicted octanol–water partition coefficient (Wildman–Crippen LogP) is 2.26. The number of piperidine rings is 1. The largest absolute Gasteiger partial charge is 0.478 e. The second-order valence-electron chi connectivity index (χ2n) is 6.20. The standard InChI is InChI=1S/C18H19N3O4/c1-12(22)13-4-2-5-14(8-13)17(23)20-7-3-6-16(11-20)21-10-15(9-19-21)18(24)25/h2,4-5,8-10,16H,3,6-7,11H2,1H3,(H,24,25). The van der Waals surface area contributed by atoms with E-state index >= 15 is 0 Å². The van der Waals surface area contributed by atoms with Crippen LogP contribution in [0.4, 0.5) is 0 Å². The molecule has 0 radical (unpaired) electrons. The molecule has 7 nitrogen and oxygen atoms in total. The van der Waals surface area contributed by atoms with Gasteiger partial charge in [-0.1, -0.05) is 12.1 Å². The minimum atomic E-state index is -1.02. The van der Waals surface area contributed by atoms with Crippen molar-refractivity contribution in [3.63, 3.8) is 0 Å². The third kappa shape index (κ3) is 3.60. The Bertz CT molecular complexity index is 827. The number of hydrogen-bond acceptors (Lipinski definition) is 4. The van der Waals surface area contributed by atoms with Crippen molar-refractivity contribution in [1.29, 1.82) is 0 Å². The first-order chi connectivity index (χ1) is 12.0. The Hall–Kier alpha value is -2.96. The minimum Gasteiger partial charge on any atom is -0.478 e. The highest BCUT2D eigenvalue weighted by molar-refractivity contribution is 5.99. The highest BCUT2D eigenvalue weighted by Gasteiger charge is 2.26. The lowest BCUT2D eigenvalue weighted by Gasteiger charge is -2.33. The van der Waals surface area contributed by atoms with Crippen LogP contribution < -0.4 is 0 Å². The van der Waals surface area contributed by atoms with E-state index in [-0.39, 0.29) is 23.3 Å². The fourth-order valence-corrected chi connectivity index (χ4v) is 3.06. The van der Waals surface area contributed by atoms with Gasteiger partial charge in [0.25, 0.3) is 5.91 Å². The lowest BCUT2D eigenvalue weighted by molar-refractivity contribution is 0.0666. The van der Waals surface area contributed by atoms with E-state index in [1.807, 2.05) is 0 Å². The van der Waals surface area contributed by atoms with E-state index in [1.165, 1.54) is 19.3 Å². The molecule has 1 aliphatic rings. The molecule has 3 rings (SSSR count). The van der Waals surface area contributed by atoms with Crippen LogP contribution in [0.1, 0.15) is 56.9 Å². The third-order valence-electron chi connectivity index (χ3n) is 4.42. The van der Waals surface area contributed by atoms with Crippen molar-refractivity contribution in [2.75, 3.05) is 13.1 Å². The number of benzene rings is 1. The molecule has 130 valence electrons. The van der Waals surface area contributed by atoms with Crippen LogP contribution in [0.2, 0.25) is 0 Å². The van der Waals surface area contributed by atoms with Gasteiger partial charge >= 0.3 is 5.97 Å². The van der Waals surface area contributed by atoms with Gasteiger partial charge in [-0.2, -0.15) is 5.10 Å². The Morgan fingerprint density at radius 3 is 2.64 bits per heavy atom. The number of carboxylic acid groups (broad SMARTS) is 1. The van der Waals surface area contributed by atoms with E-state index in [0.29, 0.717) is 24.2 Å². The van der Waals surface area contributed by atoms with Crippen LogP contribution >= 0.6 is 0 Å². The second-order valence-corrected chi connectivity index (χ2v) is 6.20. The van der Waals surface area contributed by atoms with Crippen molar-refractivity contribution in [2.45, 2.75) is 25.8 Å². The Balaban J connectivity index is 1.76. The summed E-state index contributed by atoms with van der Waals surface area (Å²) < 4.78 is 1.62. The van der Waals surface area contributed by atoms with E-state index in [1.54, 1.807) is 33.8 Å². The summed E-state index contributed by atoms with van der Waals surface area (Å²) >= 11 is 0. The summed E-state index contributed by atoms with van der Waals surface area (Å²) in [6, 6.07) is 6.66. The monoisotopic (exact) mass is 341 g/mol. The average molecular weight is 341 g/mol. The summed E-state index contributed by atoms with van der Waals surface area (Å²) in [7, 11) is 0. The molecule has 1 aromatic carbocycles. The van der Waals surface area contributed by atoms with Gasteiger partial charge in [0.2, 0.25) is 0 Å². The number of hydrogen-bond donors (Lipinski definition) is 1. The van der Waals surface area contributed by atoms with Gasteiger partial charge in [-0.05, 0) is 31.9 Å². The topological polar surface area (TPSA) is 92.5 Å². The molecule has 0 spiro atoms. The maximum absolute atomic E-state index is 12.8. The van der Waals surface area contributed by atoms with Gasteiger partial charge in [-0.25, -0.2) is 4.79 Å². The maximum Gasteiger partial charge on any atom is 0.338 e. The minimum absolute atomic E-state index is 0.0539. The van der Waals surface area contributed by atoms with E-state index in [2.05, 4.69) is 5.10 Å². The molecule has 7 heteroatoms. The Morgan fingerprint density at radius 1 is 1.20 bits per heavy atom. The molecule has 0 aliphatic carbocycles. The van der Waals surface area contributed by atoms with E-state index < -0.39 is 5.97 Å². The van der Waals surface area contributed by atoms with Gasteiger partial charge in [0, 0.05) is 30.4 Å². The molecular formula is C18H19N3O4. The highest BCUT2D eigenvalue weighted by atomic mass is 16.4. The number of carboxylic acids is 1. The fourth-order valence-electron chi connectivity index (χ4n) is 3.06. The molecule has 1 aliphatic heterocycles. The number of rotatable bonds is 4. The second kappa shape index (κ2) is 6.88. The average Bonchev–Trinajstić information content (AvgIpc) is 3.12. The molecule has 1 unspecified atom stereocenters. The third-order valence-corrected chi connectivity index (χ3v) is 4.42. The number of carbonyl (C=O) groups excluding carboxylic acids is 2. The number of Topliss-reactive ketones (excluding diaryl/α,β-unsaturated/α-hetero) is 1. The summed E-state index contributed by atoms with van der Waals surface area (Å²) in [4.78, 5) is 37.0. The number of likely N-dealkylation sites (tertiary alicyclic amines) is 1. The molecule has 2 aromatic rings. The zero-order chi connectivity index (χ0) is 18.0. The van der Waals surface area contributed by atoms with Crippen LogP contribution in [0.25, 0.3) is 0 Å². The van der Waals surface area contributed by atoms with Gasteiger partial charge in [0.1, 0.15) is 0 Å². The molecule has 2 heterocycles. The van der Waals surface area contributed by atoms with Crippen LogP contribution in [0.5, 0.6) is 0 Å². The SMILES string of the molecule is CC(=O)c1cccc(C(=O)N2CCCC(n3cc(C(=O)O)cn3)C2)c1. The molecule has 1 saturated heterocycles. The molecule has 1 atom stereocenters. The lowest BCUT2D eigenvalue weighted by Crippen LogP contribution is -2.40. The number of aromatic nitrogens is 2. The van der Waals surface area contributed by atoms with Crippen molar-refractivity contribution in [1.82, 2.24) is 14.7 Å². The molecule has 1 aromatic heterocycles. The Morgan fingerprint density at radius 2 is 1.96 bits per heavy atom. The van der Waals surface area contributed by atoms with Gasteiger partial charge in [-0.3, -0.25) is 14.3 Å². The Kier molecular flexibility index (Phi) is 4.65. The summed E-state index contributed by atoms with van der Waals surface area (Å²) in [5.74, 6) is -1.22. The van der Waals surface area contributed by atoms with Crippen molar-refractivity contribution in [2.24, 2.45) is 0 Å². The highest BCUT2D eigenvalue weighted by Crippen LogP contribution is 2.23. The zero-order valence-corrected chi connectivity index (χ0v) is 13.9. The summed E-state index contributed by atoms with van der Waals surface area (Å²) in [6.45, 7) is 2.56. The van der Waals surface area contributed by atoms with Crippen LogP contribution in [-0.2, 0) is 0 Å². The summed E-state index contributed by atoms with van der Waals surface area (Å²) in [6.07, 6.45) is 4.46. The van der Waals surface area contributed by atoms with E-state index in [4.69, 9.17) is 5.11 Å². The van der Waals surface area contributed by atoms with Crippen LogP contribution in [-0.4, -0.2) is 50.5 Å². The number of nitrogens with zero attached hydrogens (tertiary/aromatic N) is 3. The quantitative estimate of drug-likeness (QED) is 0.861. The van der Waals surface area contributed by atoms with Crippen molar-refractivity contribution >= 4 is 17.7 Å². The zero-order valence-electron chi connectivity index (χ0n) is 13.9. The van der Waals surface area contributed by atoms with Crippen molar-refractivity contribution in [3.8, 4) is 0 Å². The van der Waals surface area contributed by atoms with E-state index in [9.17, 15) is 14.4 Å². The van der Waals surface area contributed by atoms with Gasteiger partial charge in [0.15, 0.2) is 5.78 Å². The fraction of sp³-hybridized carbons (Fsp3) is 0.333. The molecule has 0 saturated carbocycles. The van der Waals surface area contributed by atoms with Crippen LogP contribution in [0.15, 0.2) is 36.7 Å². The first kappa shape index (κ1) is 16.9.